The van der Waals surface area contributed by atoms with Crippen molar-refractivity contribution in [2.75, 3.05) is 12.3 Å². The van der Waals surface area contributed by atoms with E-state index in [1.165, 1.54) is 40.4 Å². The van der Waals surface area contributed by atoms with Crippen molar-refractivity contribution in [1.29, 1.82) is 0 Å². The minimum absolute atomic E-state index is 0.00996. The largest absolute Gasteiger partial charge is 0.352 e. The molecule has 0 radical (unpaired) electrons. The van der Waals surface area contributed by atoms with Crippen LogP contribution in [-0.2, 0) is 17.6 Å². The first-order valence-corrected chi connectivity index (χ1v) is 8.85. The van der Waals surface area contributed by atoms with Crippen molar-refractivity contribution < 1.29 is 4.79 Å². The highest BCUT2D eigenvalue weighted by Crippen LogP contribution is 2.39. The molecule has 2 heterocycles. The van der Waals surface area contributed by atoms with Crippen LogP contribution >= 0.6 is 23.1 Å². The molecule has 110 valence electrons. The van der Waals surface area contributed by atoms with Gasteiger partial charge in [0.25, 0.3) is 0 Å². The molecule has 2 aromatic heterocycles. The van der Waals surface area contributed by atoms with Crippen LogP contribution in [0.25, 0.3) is 10.2 Å². The highest BCUT2D eigenvalue weighted by atomic mass is 32.2. The Kier molecular flexibility index (Phi) is 4.55. The van der Waals surface area contributed by atoms with Crippen LogP contribution in [0.3, 0.4) is 0 Å². The SMILES string of the molecule is C=CCNC(=O)CSc1ncnc2sc3c(c12)CCCC3. The lowest BCUT2D eigenvalue weighted by molar-refractivity contribution is -0.118. The normalized spacial score (nSPS) is 13.9. The first-order valence-electron chi connectivity index (χ1n) is 7.05. The molecule has 0 spiro atoms. The lowest BCUT2D eigenvalue weighted by Gasteiger charge is -2.11. The molecule has 4 nitrogen and oxygen atoms in total. The molecule has 1 aliphatic rings. The van der Waals surface area contributed by atoms with Crippen LogP contribution in [0.15, 0.2) is 24.0 Å². The number of thiophene rings is 1. The Morgan fingerprint density at radius 1 is 1.43 bits per heavy atom. The van der Waals surface area contributed by atoms with E-state index < -0.39 is 0 Å². The number of hydrogen-bond donors (Lipinski definition) is 1. The van der Waals surface area contributed by atoms with Crippen LogP contribution in [0.4, 0.5) is 0 Å². The minimum atomic E-state index is 0.00996. The van der Waals surface area contributed by atoms with Crippen LogP contribution in [-0.4, -0.2) is 28.2 Å². The molecule has 3 rings (SSSR count). The van der Waals surface area contributed by atoms with Crippen LogP contribution in [0, 0.1) is 0 Å². The van der Waals surface area contributed by atoms with Gasteiger partial charge >= 0.3 is 0 Å². The molecular formula is C15H17N3OS2. The highest BCUT2D eigenvalue weighted by Gasteiger charge is 2.20. The first kappa shape index (κ1) is 14.5. The number of hydrogen-bond acceptors (Lipinski definition) is 5. The number of aryl methyl sites for hydroxylation is 2. The van der Waals surface area contributed by atoms with Gasteiger partial charge < -0.3 is 5.32 Å². The van der Waals surface area contributed by atoms with Gasteiger partial charge in [0.1, 0.15) is 16.2 Å². The zero-order chi connectivity index (χ0) is 14.7. The standard InChI is InChI=1S/C15H17N3OS2/c1-2-7-16-12(19)8-20-14-13-10-5-3-4-6-11(10)21-15(13)18-9-17-14/h2,9H,1,3-8H2,(H,16,19). The molecule has 0 atom stereocenters. The topological polar surface area (TPSA) is 54.9 Å². The van der Waals surface area contributed by atoms with Crippen LogP contribution in [0.2, 0.25) is 0 Å². The maximum Gasteiger partial charge on any atom is 0.230 e. The van der Waals surface area contributed by atoms with E-state index in [0.29, 0.717) is 12.3 Å². The Hall–Kier alpha value is -1.40. The second-order valence-electron chi connectivity index (χ2n) is 4.95. The number of thioether (sulfide) groups is 1. The molecule has 0 saturated heterocycles. The van der Waals surface area contributed by atoms with E-state index in [-0.39, 0.29) is 5.91 Å². The number of nitrogens with one attached hydrogen (secondary N) is 1. The number of carbonyl (C=O) groups excluding carboxylic acids is 1. The Bertz CT molecular complexity index is 681. The molecule has 21 heavy (non-hydrogen) atoms. The van der Waals surface area contributed by atoms with Crippen molar-refractivity contribution in [3.8, 4) is 0 Å². The highest BCUT2D eigenvalue weighted by molar-refractivity contribution is 8.00. The summed E-state index contributed by atoms with van der Waals surface area (Å²) in [5, 5.41) is 4.91. The molecule has 0 aliphatic heterocycles. The van der Waals surface area contributed by atoms with Crippen molar-refractivity contribution in [2.24, 2.45) is 0 Å². The van der Waals surface area contributed by atoms with E-state index >= 15 is 0 Å². The van der Waals surface area contributed by atoms with Gasteiger partial charge in [0.05, 0.1) is 5.75 Å². The Labute approximate surface area is 132 Å². The van der Waals surface area contributed by atoms with Crippen molar-refractivity contribution >= 4 is 39.2 Å². The second-order valence-corrected chi connectivity index (χ2v) is 7.00. The van der Waals surface area contributed by atoms with Gasteiger partial charge in [-0.15, -0.1) is 17.9 Å². The zero-order valence-corrected chi connectivity index (χ0v) is 13.4. The molecule has 0 fully saturated rings. The summed E-state index contributed by atoms with van der Waals surface area (Å²) in [6.07, 6.45) is 8.05. The summed E-state index contributed by atoms with van der Waals surface area (Å²) in [7, 11) is 0. The van der Waals surface area contributed by atoms with Gasteiger partial charge in [-0.25, -0.2) is 9.97 Å². The van der Waals surface area contributed by atoms with E-state index in [1.807, 2.05) is 0 Å². The molecule has 0 saturated carbocycles. The molecule has 0 aromatic carbocycles. The van der Waals surface area contributed by atoms with Crippen LogP contribution in [0.1, 0.15) is 23.3 Å². The fourth-order valence-electron chi connectivity index (χ4n) is 2.54. The lowest BCUT2D eigenvalue weighted by Crippen LogP contribution is -2.24. The molecule has 6 heteroatoms. The van der Waals surface area contributed by atoms with E-state index in [2.05, 4.69) is 21.9 Å². The quantitative estimate of drug-likeness (QED) is 0.523. The first-order chi connectivity index (χ1) is 10.3. The fourth-order valence-corrected chi connectivity index (χ4v) is 4.69. The summed E-state index contributed by atoms with van der Waals surface area (Å²) in [5.41, 5.74) is 1.41. The fraction of sp³-hybridized carbons (Fsp3) is 0.400. The second kappa shape index (κ2) is 6.58. The van der Waals surface area contributed by atoms with E-state index in [9.17, 15) is 4.79 Å². The smallest absolute Gasteiger partial charge is 0.230 e. The van der Waals surface area contributed by atoms with Gasteiger partial charge in [-0.05, 0) is 31.2 Å². The number of carbonyl (C=O) groups is 1. The van der Waals surface area contributed by atoms with E-state index in [1.54, 1.807) is 23.7 Å². The Morgan fingerprint density at radius 3 is 3.14 bits per heavy atom. The predicted octanol–water partition coefficient (Wildman–Crippen LogP) is 2.96. The number of rotatable bonds is 5. The lowest BCUT2D eigenvalue weighted by atomic mass is 9.97. The van der Waals surface area contributed by atoms with Gasteiger partial charge in [0.2, 0.25) is 5.91 Å². The summed E-state index contributed by atoms with van der Waals surface area (Å²) in [4.78, 5) is 23.0. The third-order valence-corrected chi connectivity index (χ3v) is 5.69. The van der Waals surface area contributed by atoms with Crippen molar-refractivity contribution in [3.05, 3.63) is 29.4 Å². The summed E-state index contributed by atoms with van der Waals surface area (Å²) in [5.74, 6) is 0.389. The van der Waals surface area contributed by atoms with Crippen molar-refractivity contribution in [1.82, 2.24) is 15.3 Å². The van der Waals surface area contributed by atoms with Gasteiger partial charge in [0, 0.05) is 16.8 Å². The van der Waals surface area contributed by atoms with Crippen molar-refractivity contribution in [2.45, 2.75) is 30.7 Å². The number of amides is 1. The maximum atomic E-state index is 11.7. The molecule has 1 N–H and O–H groups in total. The van der Waals surface area contributed by atoms with E-state index in [0.717, 1.165) is 22.7 Å². The summed E-state index contributed by atoms with van der Waals surface area (Å²) in [6, 6.07) is 0. The number of nitrogens with zero attached hydrogens (tertiary/aromatic N) is 2. The summed E-state index contributed by atoms with van der Waals surface area (Å²) < 4.78 is 0. The molecule has 0 unspecified atom stereocenters. The summed E-state index contributed by atoms with van der Waals surface area (Å²) >= 11 is 3.28. The third-order valence-electron chi connectivity index (χ3n) is 3.50. The maximum absolute atomic E-state index is 11.7. The predicted molar refractivity (Wildman–Crippen MR) is 88.0 cm³/mol. The molecule has 0 bridgehead atoms. The molecule has 1 amide bonds. The Balaban J connectivity index is 1.83. The van der Waals surface area contributed by atoms with Gasteiger partial charge in [-0.3, -0.25) is 4.79 Å². The zero-order valence-electron chi connectivity index (χ0n) is 11.7. The minimum Gasteiger partial charge on any atom is -0.352 e. The van der Waals surface area contributed by atoms with Gasteiger partial charge in [-0.1, -0.05) is 17.8 Å². The van der Waals surface area contributed by atoms with Crippen LogP contribution < -0.4 is 5.32 Å². The molecular weight excluding hydrogens is 302 g/mol. The number of fused-ring (bicyclic) bond motifs is 3. The van der Waals surface area contributed by atoms with Crippen LogP contribution in [0.5, 0.6) is 0 Å². The molecule has 2 aromatic rings. The average Bonchev–Trinajstić information content (AvgIpc) is 2.90. The average molecular weight is 319 g/mol. The van der Waals surface area contributed by atoms with Gasteiger partial charge in [0.15, 0.2) is 0 Å². The summed E-state index contributed by atoms with van der Waals surface area (Å²) in [6.45, 7) is 4.10. The van der Waals surface area contributed by atoms with Crippen molar-refractivity contribution in [3.63, 3.8) is 0 Å². The monoisotopic (exact) mass is 319 g/mol. The Morgan fingerprint density at radius 2 is 2.29 bits per heavy atom. The number of aromatic nitrogens is 2. The third kappa shape index (κ3) is 3.11. The van der Waals surface area contributed by atoms with E-state index in [4.69, 9.17) is 0 Å². The van der Waals surface area contributed by atoms with Gasteiger partial charge in [-0.2, -0.15) is 0 Å². The molecule has 1 aliphatic carbocycles.